The van der Waals surface area contributed by atoms with Crippen molar-refractivity contribution >= 4 is 23.3 Å². The summed E-state index contributed by atoms with van der Waals surface area (Å²) in [5.41, 5.74) is 0.983. The van der Waals surface area contributed by atoms with Gasteiger partial charge in [0.25, 0.3) is 5.91 Å². The van der Waals surface area contributed by atoms with E-state index in [9.17, 15) is 4.79 Å². The molecule has 1 aromatic carbocycles. The lowest BCUT2D eigenvalue weighted by Gasteiger charge is -2.08. The molecule has 0 spiro atoms. The van der Waals surface area contributed by atoms with E-state index >= 15 is 0 Å². The Kier molecular flexibility index (Phi) is 5.13. The van der Waals surface area contributed by atoms with Gasteiger partial charge in [-0.2, -0.15) is 5.26 Å². The predicted octanol–water partition coefficient (Wildman–Crippen LogP) is 2.45. The van der Waals surface area contributed by atoms with E-state index in [0.29, 0.717) is 35.1 Å². The van der Waals surface area contributed by atoms with Crippen LogP contribution < -0.4 is 10.6 Å². The normalized spacial score (nSPS) is 9.71. The molecule has 1 heterocycles. The number of nitrogens with one attached hydrogen (secondary N) is 2. The van der Waals surface area contributed by atoms with E-state index in [0.717, 1.165) is 0 Å². The predicted molar refractivity (Wildman–Crippen MR) is 81.2 cm³/mol. The van der Waals surface area contributed by atoms with Crippen LogP contribution in [0.2, 0.25) is 5.02 Å². The topological polar surface area (TPSA) is 77.8 Å². The minimum absolute atomic E-state index is 0.221. The summed E-state index contributed by atoms with van der Waals surface area (Å²) in [6, 6.07) is 12.2. The molecule has 6 heteroatoms. The Balaban J connectivity index is 1.81. The third-order valence-electron chi connectivity index (χ3n) is 2.72. The summed E-state index contributed by atoms with van der Waals surface area (Å²) in [5, 5.41) is 15.0. The molecule has 0 saturated heterocycles. The second-order valence-corrected chi connectivity index (χ2v) is 4.61. The summed E-state index contributed by atoms with van der Waals surface area (Å²) >= 11 is 5.94. The number of benzene rings is 1. The molecular formula is C15H13ClN4O. The van der Waals surface area contributed by atoms with Gasteiger partial charge in [0.2, 0.25) is 0 Å². The molecule has 0 aliphatic rings. The second kappa shape index (κ2) is 7.27. The monoisotopic (exact) mass is 300 g/mol. The lowest BCUT2D eigenvalue weighted by molar-refractivity contribution is 0.0955. The van der Waals surface area contributed by atoms with Crippen molar-refractivity contribution in [3.05, 3.63) is 58.7 Å². The van der Waals surface area contributed by atoms with Crippen molar-refractivity contribution in [2.24, 2.45) is 0 Å². The Morgan fingerprint density at radius 1 is 1.29 bits per heavy atom. The first-order chi connectivity index (χ1) is 10.2. The van der Waals surface area contributed by atoms with Crippen molar-refractivity contribution in [3.63, 3.8) is 0 Å². The van der Waals surface area contributed by atoms with Gasteiger partial charge < -0.3 is 10.6 Å². The number of nitrogens with zero attached hydrogens (tertiary/aromatic N) is 2. The molecule has 0 atom stereocenters. The minimum Gasteiger partial charge on any atom is -0.368 e. The van der Waals surface area contributed by atoms with Crippen molar-refractivity contribution < 1.29 is 4.79 Å². The summed E-state index contributed by atoms with van der Waals surface area (Å²) in [6.45, 7) is 0.917. The number of amides is 1. The zero-order valence-corrected chi connectivity index (χ0v) is 11.9. The van der Waals surface area contributed by atoms with Crippen LogP contribution in [0.5, 0.6) is 0 Å². The maximum atomic E-state index is 11.9. The van der Waals surface area contributed by atoms with E-state index in [-0.39, 0.29) is 5.91 Å². The van der Waals surface area contributed by atoms with Crippen molar-refractivity contribution in [1.82, 2.24) is 10.3 Å². The highest BCUT2D eigenvalue weighted by Gasteiger charge is 2.08. The minimum atomic E-state index is -0.221. The number of hydrogen-bond donors (Lipinski definition) is 2. The van der Waals surface area contributed by atoms with Crippen LogP contribution in [0, 0.1) is 11.3 Å². The zero-order chi connectivity index (χ0) is 15.1. The van der Waals surface area contributed by atoms with Crippen molar-refractivity contribution in [3.8, 4) is 6.07 Å². The van der Waals surface area contributed by atoms with Gasteiger partial charge in [-0.25, -0.2) is 4.98 Å². The van der Waals surface area contributed by atoms with Crippen LogP contribution >= 0.6 is 11.6 Å². The third kappa shape index (κ3) is 4.20. The summed E-state index contributed by atoms with van der Waals surface area (Å²) in [7, 11) is 0. The SMILES string of the molecule is N#Cc1ccnc(NCCNC(=O)c2ccccc2Cl)c1. The number of aromatic nitrogens is 1. The molecular weight excluding hydrogens is 288 g/mol. The van der Waals surface area contributed by atoms with Gasteiger partial charge in [-0.15, -0.1) is 0 Å². The van der Waals surface area contributed by atoms with Crippen LogP contribution in [0.1, 0.15) is 15.9 Å². The molecule has 2 rings (SSSR count). The van der Waals surface area contributed by atoms with E-state index in [2.05, 4.69) is 15.6 Å². The second-order valence-electron chi connectivity index (χ2n) is 4.20. The number of rotatable bonds is 5. The average Bonchev–Trinajstić information content (AvgIpc) is 2.52. The molecule has 0 saturated carbocycles. The molecule has 0 fully saturated rings. The van der Waals surface area contributed by atoms with Crippen molar-refractivity contribution in [2.45, 2.75) is 0 Å². The van der Waals surface area contributed by atoms with E-state index in [4.69, 9.17) is 16.9 Å². The number of nitriles is 1. The van der Waals surface area contributed by atoms with Gasteiger partial charge in [-0.1, -0.05) is 23.7 Å². The molecule has 0 aliphatic heterocycles. The Labute approximate surface area is 127 Å². The zero-order valence-electron chi connectivity index (χ0n) is 11.1. The van der Waals surface area contributed by atoms with E-state index < -0.39 is 0 Å². The smallest absolute Gasteiger partial charge is 0.252 e. The van der Waals surface area contributed by atoms with Gasteiger partial charge in [-0.3, -0.25) is 4.79 Å². The van der Waals surface area contributed by atoms with Gasteiger partial charge in [0.05, 0.1) is 22.2 Å². The molecule has 0 unspecified atom stereocenters. The third-order valence-corrected chi connectivity index (χ3v) is 3.05. The standard InChI is InChI=1S/C15H13ClN4O/c16-13-4-2-1-3-12(13)15(21)20-8-7-19-14-9-11(10-17)5-6-18-14/h1-6,9H,7-8H2,(H,18,19)(H,20,21). The fraction of sp³-hybridized carbons (Fsp3) is 0.133. The van der Waals surface area contributed by atoms with E-state index in [1.54, 1.807) is 42.6 Å². The van der Waals surface area contributed by atoms with Gasteiger partial charge in [0.1, 0.15) is 5.82 Å². The first-order valence-corrected chi connectivity index (χ1v) is 6.71. The Morgan fingerprint density at radius 2 is 2.10 bits per heavy atom. The van der Waals surface area contributed by atoms with Crippen molar-refractivity contribution in [1.29, 1.82) is 5.26 Å². The lowest BCUT2D eigenvalue weighted by atomic mass is 10.2. The summed E-state index contributed by atoms with van der Waals surface area (Å²) < 4.78 is 0. The fourth-order valence-corrected chi connectivity index (χ4v) is 1.93. The first-order valence-electron chi connectivity index (χ1n) is 6.33. The van der Waals surface area contributed by atoms with Crippen LogP contribution in [0.25, 0.3) is 0 Å². The molecule has 1 aromatic heterocycles. The highest BCUT2D eigenvalue weighted by atomic mass is 35.5. The van der Waals surface area contributed by atoms with E-state index in [1.807, 2.05) is 6.07 Å². The number of carbonyl (C=O) groups excluding carboxylic acids is 1. The first kappa shape index (κ1) is 14.8. The average molecular weight is 301 g/mol. The molecule has 5 nitrogen and oxygen atoms in total. The molecule has 106 valence electrons. The summed E-state index contributed by atoms with van der Waals surface area (Å²) in [5.74, 6) is 0.377. The molecule has 0 radical (unpaired) electrons. The Morgan fingerprint density at radius 3 is 2.86 bits per heavy atom. The van der Waals surface area contributed by atoms with Crippen molar-refractivity contribution in [2.75, 3.05) is 18.4 Å². The lowest BCUT2D eigenvalue weighted by Crippen LogP contribution is -2.29. The Bertz CT molecular complexity index is 681. The number of pyridine rings is 1. The quantitative estimate of drug-likeness (QED) is 0.831. The highest BCUT2D eigenvalue weighted by Crippen LogP contribution is 2.14. The van der Waals surface area contributed by atoms with Crippen LogP contribution in [0.4, 0.5) is 5.82 Å². The van der Waals surface area contributed by atoms with Crippen LogP contribution in [0.15, 0.2) is 42.6 Å². The van der Waals surface area contributed by atoms with Gasteiger partial charge in [0.15, 0.2) is 0 Å². The van der Waals surface area contributed by atoms with E-state index in [1.165, 1.54) is 0 Å². The van der Waals surface area contributed by atoms with Gasteiger partial charge in [0, 0.05) is 19.3 Å². The molecule has 0 bridgehead atoms. The molecule has 0 aliphatic carbocycles. The fourth-order valence-electron chi connectivity index (χ4n) is 1.70. The Hall–Kier alpha value is -2.58. The highest BCUT2D eigenvalue weighted by molar-refractivity contribution is 6.33. The van der Waals surface area contributed by atoms with Gasteiger partial charge >= 0.3 is 0 Å². The number of carbonyl (C=O) groups is 1. The molecule has 1 amide bonds. The molecule has 21 heavy (non-hydrogen) atoms. The molecule has 2 N–H and O–H groups in total. The number of anilines is 1. The maximum Gasteiger partial charge on any atom is 0.252 e. The number of halogens is 1. The molecule has 2 aromatic rings. The largest absolute Gasteiger partial charge is 0.368 e. The summed E-state index contributed by atoms with van der Waals surface area (Å²) in [4.78, 5) is 16.0. The summed E-state index contributed by atoms with van der Waals surface area (Å²) in [6.07, 6.45) is 1.56. The van der Waals surface area contributed by atoms with Gasteiger partial charge in [-0.05, 0) is 24.3 Å². The number of hydrogen-bond acceptors (Lipinski definition) is 4. The van der Waals surface area contributed by atoms with Crippen LogP contribution in [0.3, 0.4) is 0 Å². The maximum absolute atomic E-state index is 11.9. The van der Waals surface area contributed by atoms with Crippen LogP contribution in [-0.2, 0) is 0 Å². The van der Waals surface area contributed by atoms with Crippen LogP contribution in [-0.4, -0.2) is 24.0 Å².